The molecule has 13 heavy (non-hydrogen) atoms. The summed E-state index contributed by atoms with van der Waals surface area (Å²) in [6, 6.07) is 5.26. The molecular formula is C10H15NO2. The van der Waals surface area contributed by atoms with Gasteiger partial charge in [-0.3, -0.25) is 0 Å². The number of hydrogen-bond acceptors (Lipinski definition) is 3. The van der Waals surface area contributed by atoms with Crippen LogP contribution >= 0.6 is 0 Å². The number of hydrogen-bond donors (Lipinski definition) is 2. The van der Waals surface area contributed by atoms with E-state index in [1.807, 2.05) is 13.1 Å². The SMILES string of the molecule is CNCCc1cc(OC)ccc1O. The van der Waals surface area contributed by atoms with Crippen molar-refractivity contribution in [3.05, 3.63) is 23.8 Å². The van der Waals surface area contributed by atoms with E-state index >= 15 is 0 Å². The summed E-state index contributed by atoms with van der Waals surface area (Å²) in [5, 5.41) is 12.5. The van der Waals surface area contributed by atoms with E-state index in [1.165, 1.54) is 0 Å². The first-order chi connectivity index (χ1) is 6.27. The molecule has 0 amide bonds. The Hall–Kier alpha value is -1.22. The lowest BCUT2D eigenvalue weighted by atomic mass is 10.1. The number of aromatic hydroxyl groups is 1. The van der Waals surface area contributed by atoms with Gasteiger partial charge in [-0.2, -0.15) is 0 Å². The molecule has 1 aromatic carbocycles. The topological polar surface area (TPSA) is 41.5 Å². The fraction of sp³-hybridized carbons (Fsp3) is 0.400. The standard InChI is InChI=1S/C10H15NO2/c1-11-6-5-8-7-9(13-2)3-4-10(8)12/h3-4,7,11-12H,5-6H2,1-2H3. The minimum atomic E-state index is 0.330. The molecule has 0 aromatic heterocycles. The minimum absolute atomic E-state index is 0.330. The van der Waals surface area contributed by atoms with Gasteiger partial charge in [0.1, 0.15) is 11.5 Å². The summed E-state index contributed by atoms with van der Waals surface area (Å²) in [5.41, 5.74) is 0.911. The fourth-order valence-corrected chi connectivity index (χ4v) is 1.15. The largest absolute Gasteiger partial charge is 0.508 e. The lowest BCUT2D eigenvalue weighted by Gasteiger charge is -2.06. The maximum absolute atomic E-state index is 9.47. The normalized spacial score (nSPS) is 10.0. The molecule has 2 N–H and O–H groups in total. The second kappa shape index (κ2) is 4.72. The van der Waals surface area contributed by atoms with Crippen LogP contribution in [-0.4, -0.2) is 25.8 Å². The maximum atomic E-state index is 9.47. The first-order valence-corrected chi connectivity index (χ1v) is 4.28. The van der Waals surface area contributed by atoms with E-state index in [9.17, 15) is 5.11 Å². The molecule has 0 unspecified atom stereocenters. The number of phenolic OH excluding ortho intramolecular Hbond substituents is 1. The van der Waals surface area contributed by atoms with E-state index in [0.717, 1.165) is 24.3 Å². The van der Waals surface area contributed by atoms with E-state index in [0.29, 0.717) is 5.75 Å². The Labute approximate surface area is 78.3 Å². The molecule has 0 atom stereocenters. The van der Waals surface area contributed by atoms with Gasteiger partial charge < -0.3 is 15.2 Å². The minimum Gasteiger partial charge on any atom is -0.508 e. The van der Waals surface area contributed by atoms with Gasteiger partial charge in [-0.15, -0.1) is 0 Å². The number of nitrogens with one attached hydrogen (secondary N) is 1. The summed E-state index contributed by atoms with van der Waals surface area (Å²) in [6.45, 7) is 0.848. The van der Waals surface area contributed by atoms with Crippen molar-refractivity contribution < 1.29 is 9.84 Å². The molecule has 0 aliphatic rings. The summed E-state index contributed by atoms with van der Waals surface area (Å²) < 4.78 is 5.06. The molecule has 0 heterocycles. The van der Waals surface area contributed by atoms with E-state index in [4.69, 9.17) is 4.74 Å². The molecule has 0 saturated carbocycles. The van der Waals surface area contributed by atoms with Gasteiger partial charge in [-0.1, -0.05) is 0 Å². The van der Waals surface area contributed by atoms with E-state index < -0.39 is 0 Å². The maximum Gasteiger partial charge on any atom is 0.119 e. The summed E-state index contributed by atoms with van der Waals surface area (Å²) in [6.07, 6.45) is 0.805. The number of ether oxygens (including phenoxy) is 1. The highest BCUT2D eigenvalue weighted by Crippen LogP contribution is 2.22. The average Bonchev–Trinajstić information content (AvgIpc) is 2.17. The molecule has 1 aromatic rings. The monoisotopic (exact) mass is 181 g/mol. The summed E-state index contributed by atoms with van der Waals surface area (Å²) in [7, 11) is 3.51. The zero-order valence-corrected chi connectivity index (χ0v) is 8.00. The van der Waals surface area contributed by atoms with Crippen molar-refractivity contribution in [2.45, 2.75) is 6.42 Å². The first kappa shape index (κ1) is 9.86. The third kappa shape index (κ3) is 2.63. The predicted octanol–water partition coefficient (Wildman–Crippen LogP) is 1.16. The highest BCUT2D eigenvalue weighted by Gasteiger charge is 2.01. The molecule has 0 saturated heterocycles. The van der Waals surface area contributed by atoms with E-state index in [2.05, 4.69) is 5.32 Å². The van der Waals surface area contributed by atoms with Crippen LogP contribution in [0.15, 0.2) is 18.2 Å². The molecule has 1 rings (SSSR count). The van der Waals surface area contributed by atoms with Gasteiger partial charge in [0, 0.05) is 0 Å². The van der Waals surface area contributed by atoms with Gasteiger partial charge in [-0.05, 0) is 43.8 Å². The van der Waals surface area contributed by atoms with Gasteiger partial charge in [0.25, 0.3) is 0 Å². The van der Waals surface area contributed by atoms with Crippen LogP contribution in [0.2, 0.25) is 0 Å². The zero-order valence-electron chi connectivity index (χ0n) is 8.00. The Bertz CT molecular complexity index is 274. The lowest BCUT2D eigenvalue weighted by Crippen LogP contribution is -2.10. The second-order valence-corrected chi connectivity index (χ2v) is 2.85. The van der Waals surface area contributed by atoms with E-state index in [1.54, 1.807) is 19.2 Å². The van der Waals surface area contributed by atoms with Gasteiger partial charge in [0.15, 0.2) is 0 Å². The van der Waals surface area contributed by atoms with Crippen LogP contribution in [0.3, 0.4) is 0 Å². The number of benzene rings is 1. The molecule has 0 fully saturated rings. The van der Waals surface area contributed by atoms with Crippen LogP contribution in [0.1, 0.15) is 5.56 Å². The molecule has 72 valence electrons. The van der Waals surface area contributed by atoms with Crippen molar-refractivity contribution in [1.29, 1.82) is 0 Å². The number of likely N-dealkylation sites (N-methyl/N-ethyl adjacent to an activating group) is 1. The van der Waals surface area contributed by atoms with Crippen molar-refractivity contribution in [3.8, 4) is 11.5 Å². The molecule has 0 radical (unpaired) electrons. The van der Waals surface area contributed by atoms with Crippen LogP contribution in [-0.2, 0) is 6.42 Å². The second-order valence-electron chi connectivity index (χ2n) is 2.85. The third-order valence-corrected chi connectivity index (χ3v) is 1.93. The number of methoxy groups -OCH3 is 1. The lowest BCUT2D eigenvalue weighted by molar-refractivity contribution is 0.410. The van der Waals surface area contributed by atoms with Gasteiger partial charge >= 0.3 is 0 Å². The predicted molar refractivity (Wildman–Crippen MR) is 52.3 cm³/mol. The van der Waals surface area contributed by atoms with Crippen LogP contribution in [0.25, 0.3) is 0 Å². The number of phenols is 1. The highest BCUT2D eigenvalue weighted by atomic mass is 16.5. The Morgan fingerprint density at radius 3 is 2.85 bits per heavy atom. The smallest absolute Gasteiger partial charge is 0.119 e. The van der Waals surface area contributed by atoms with Crippen molar-refractivity contribution in [2.75, 3.05) is 20.7 Å². The van der Waals surface area contributed by atoms with Crippen molar-refractivity contribution in [3.63, 3.8) is 0 Å². The number of rotatable bonds is 4. The molecule has 3 heteroatoms. The van der Waals surface area contributed by atoms with Gasteiger partial charge in [0.2, 0.25) is 0 Å². The average molecular weight is 181 g/mol. The first-order valence-electron chi connectivity index (χ1n) is 4.28. The van der Waals surface area contributed by atoms with Crippen molar-refractivity contribution in [1.82, 2.24) is 5.32 Å². The quantitative estimate of drug-likeness (QED) is 0.732. The van der Waals surface area contributed by atoms with Crippen LogP contribution < -0.4 is 10.1 Å². The summed E-state index contributed by atoms with van der Waals surface area (Å²) in [4.78, 5) is 0. The van der Waals surface area contributed by atoms with Gasteiger partial charge in [-0.25, -0.2) is 0 Å². The molecule has 0 bridgehead atoms. The van der Waals surface area contributed by atoms with Crippen molar-refractivity contribution in [2.24, 2.45) is 0 Å². The Kier molecular flexibility index (Phi) is 3.58. The fourth-order valence-electron chi connectivity index (χ4n) is 1.15. The molecule has 0 aliphatic carbocycles. The molecule has 0 spiro atoms. The third-order valence-electron chi connectivity index (χ3n) is 1.93. The summed E-state index contributed by atoms with van der Waals surface area (Å²) >= 11 is 0. The van der Waals surface area contributed by atoms with Gasteiger partial charge in [0.05, 0.1) is 7.11 Å². The molecule has 3 nitrogen and oxygen atoms in total. The molecular weight excluding hydrogens is 166 g/mol. The zero-order chi connectivity index (χ0) is 9.68. The molecule has 0 aliphatic heterocycles. The Balaban J connectivity index is 2.78. The van der Waals surface area contributed by atoms with Crippen LogP contribution in [0.5, 0.6) is 11.5 Å². The van der Waals surface area contributed by atoms with Crippen molar-refractivity contribution >= 4 is 0 Å². The summed E-state index contributed by atoms with van der Waals surface area (Å²) in [5.74, 6) is 1.11. The Morgan fingerprint density at radius 2 is 2.23 bits per heavy atom. The van der Waals surface area contributed by atoms with Crippen LogP contribution in [0.4, 0.5) is 0 Å². The van der Waals surface area contributed by atoms with Crippen LogP contribution in [0, 0.1) is 0 Å². The highest BCUT2D eigenvalue weighted by molar-refractivity contribution is 5.39. The Morgan fingerprint density at radius 1 is 1.46 bits per heavy atom. The van der Waals surface area contributed by atoms with E-state index in [-0.39, 0.29) is 0 Å².